The Morgan fingerprint density at radius 2 is 1.96 bits per heavy atom. The smallest absolute Gasteiger partial charge is 0.410 e. The number of nitrogens with zero attached hydrogens (tertiary/aromatic N) is 3. The summed E-state index contributed by atoms with van der Waals surface area (Å²) in [4.78, 5) is 32.8. The van der Waals surface area contributed by atoms with Gasteiger partial charge < -0.3 is 20.3 Å². The Morgan fingerprint density at radius 1 is 1.28 bits per heavy atom. The highest BCUT2D eigenvalue weighted by molar-refractivity contribution is 5.93. The lowest BCUT2D eigenvalue weighted by atomic mass is 10.1. The predicted octanol–water partition coefficient (Wildman–Crippen LogP) is 1.72. The van der Waals surface area contributed by atoms with E-state index in [9.17, 15) is 9.59 Å². The van der Waals surface area contributed by atoms with E-state index in [4.69, 9.17) is 10.5 Å². The van der Waals surface area contributed by atoms with E-state index in [-0.39, 0.29) is 24.6 Å². The number of ether oxygens (including phenoxy) is 1. The van der Waals surface area contributed by atoms with Crippen molar-refractivity contribution in [2.45, 2.75) is 46.3 Å². The maximum absolute atomic E-state index is 12.9. The standard InChI is InChI=1S/C18H28N4O3/c1-12-8-13(2)20-15(9-12)16(23)22-7-6-21(11-14(22)10-19)17(24)25-18(3,4)5/h8-9,14H,6-7,10-11,19H2,1-5H3. The van der Waals surface area contributed by atoms with Gasteiger partial charge in [0, 0.05) is 31.9 Å². The minimum Gasteiger partial charge on any atom is -0.444 e. The highest BCUT2D eigenvalue weighted by Gasteiger charge is 2.34. The van der Waals surface area contributed by atoms with Crippen molar-refractivity contribution in [2.75, 3.05) is 26.2 Å². The number of aromatic nitrogens is 1. The number of aryl methyl sites for hydroxylation is 2. The lowest BCUT2D eigenvalue weighted by molar-refractivity contribution is 0.00516. The van der Waals surface area contributed by atoms with Crippen LogP contribution in [0.3, 0.4) is 0 Å². The maximum atomic E-state index is 12.9. The second-order valence-corrected chi connectivity index (χ2v) is 7.49. The molecule has 2 amide bonds. The van der Waals surface area contributed by atoms with E-state index in [1.165, 1.54) is 0 Å². The first-order chi connectivity index (χ1) is 11.6. The first kappa shape index (κ1) is 19.2. The summed E-state index contributed by atoms with van der Waals surface area (Å²) < 4.78 is 5.41. The zero-order chi connectivity index (χ0) is 18.8. The van der Waals surface area contributed by atoms with E-state index in [1.54, 1.807) is 15.9 Å². The van der Waals surface area contributed by atoms with Gasteiger partial charge in [0.1, 0.15) is 11.3 Å². The molecular weight excluding hydrogens is 320 g/mol. The zero-order valence-corrected chi connectivity index (χ0v) is 15.7. The first-order valence-electron chi connectivity index (χ1n) is 8.55. The molecule has 1 aliphatic heterocycles. The van der Waals surface area contributed by atoms with Crippen LogP contribution in [-0.2, 0) is 4.74 Å². The Bertz CT molecular complexity index is 634. The van der Waals surface area contributed by atoms with Crippen molar-refractivity contribution < 1.29 is 14.3 Å². The number of carbonyl (C=O) groups is 2. The predicted molar refractivity (Wildman–Crippen MR) is 95.4 cm³/mol. The fraction of sp³-hybridized carbons (Fsp3) is 0.611. The molecule has 1 atom stereocenters. The average Bonchev–Trinajstić information content (AvgIpc) is 2.51. The lowest BCUT2D eigenvalue weighted by Crippen LogP contribution is -2.59. The van der Waals surface area contributed by atoms with Gasteiger partial charge in [-0.25, -0.2) is 9.78 Å². The fourth-order valence-corrected chi connectivity index (χ4v) is 2.91. The summed E-state index contributed by atoms with van der Waals surface area (Å²) in [6, 6.07) is 3.46. The molecule has 0 saturated carbocycles. The van der Waals surface area contributed by atoms with Gasteiger partial charge in [0.25, 0.3) is 5.91 Å². The van der Waals surface area contributed by atoms with Crippen molar-refractivity contribution >= 4 is 12.0 Å². The van der Waals surface area contributed by atoms with Crippen molar-refractivity contribution in [3.63, 3.8) is 0 Å². The zero-order valence-electron chi connectivity index (χ0n) is 15.7. The maximum Gasteiger partial charge on any atom is 0.410 e. The van der Waals surface area contributed by atoms with Gasteiger partial charge in [-0.1, -0.05) is 0 Å². The molecule has 1 aliphatic rings. The fourth-order valence-electron chi connectivity index (χ4n) is 2.91. The number of hydrogen-bond acceptors (Lipinski definition) is 5. The van der Waals surface area contributed by atoms with E-state index in [0.29, 0.717) is 25.3 Å². The molecule has 2 N–H and O–H groups in total. The second kappa shape index (κ2) is 7.39. The van der Waals surface area contributed by atoms with Gasteiger partial charge in [0.2, 0.25) is 0 Å². The number of pyridine rings is 1. The molecule has 1 saturated heterocycles. The average molecular weight is 348 g/mol. The van der Waals surface area contributed by atoms with Crippen molar-refractivity contribution in [2.24, 2.45) is 5.73 Å². The third kappa shape index (κ3) is 4.92. The summed E-state index contributed by atoms with van der Waals surface area (Å²) in [6.07, 6.45) is -0.373. The molecule has 138 valence electrons. The van der Waals surface area contributed by atoms with Crippen LogP contribution in [0.25, 0.3) is 0 Å². The van der Waals surface area contributed by atoms with E-state index in [2.05, 4.69) is 4.98 Å². The molecule has 1 unspecified atom stereocenters. The number of amides is 2. The summed E-state index contributed by atoms with van der Waals surface area (Å²) in [7, 11) is 0. The molecule has 0 radical (unpaired) electrons. The van der Waals surface area contributed by atoms with Crippen LogP contribution >= 0.6 is 0 Å². The molecule has 7 heteroatoms. The number of hydrogen-bond donors (Lipinski definition) is 1. The summed E-state index contributed by atoms with van der Waals surface area (Å²) in [5.41, 5.74) is 7.53. The van der Waals surface area contributed by atoms with Gasteiger partial charge >= 0.3 is 6.09 Å². The minimum atomic E-state index is -0.550. The molecule has 0 bridgehead atoms. The van der Waals surface area contributed by atoms with Crippen molar-refractivity contribution in [3.8, 4) is 0 Å². The van der Waals surface area contributed by atoms with Crippen molar-refractivity contribution in [1.29, 1.82) is 0 Å². The summed E-state index contributed by atoms with van der Waals surface area (Å²) in [5, 5.41) is 0. The number of rotatable bonds is 2. The molecule has 1 fully saturated rings. The Hall–Kier alpha value is -2.15. The van der Waals surface area contributed by atoms with Gasteiger partial charge in [0.05, 0.1) is 6.04 Å². The Kier molecular flexibility index (Phi) is 5.67. The van der Waals surface area contributed by atoms with Crippen LogP contribution in [0.5, 0.6) is 0 Å². The lowest BCUT2D eigenvalue weighted by Gasteiger charge is -2.41. The highest BCUT2D eigenvalue weighted by atomic mass is 16.6. The molecule has 25 heavy (non-hydrogen) atoms. The molecule has 1 aromatic rings. The van der Waals surface area contributed by atoms with Crippen LogP contribution in [0.1, 0.15) is 42.5 Å². The van der Waals surface area contributed by atoms with Gasteiger partial charge in [-0.05, 0) is 52.3 Å². The Labute approximate surface area is 149 Å². The first-order valence-corrected chi connectivity index (χ1v) is 8.55. The third-order valence-electron chi connectivity index (χ3n) is 3.98. The van der Waals surface area contributed by atoms with Gasteiger partial charge in [0.15, 0.2) is 0 Å². The summed E-state index contributed by atoms with van der Waals surface area (Å²) in [6.45, 7) is 10.8. The van der Waals surface area contributed by atoms with Gasteiger partial charge in [-0.15, -0.1) is 0 Å². The molecule has 7 nitrogen and oxygen atoms in total. The molecule has 0 aromatic carbocycles. The SMILES string of the molecule is Cc1cc(C)nc(C(=O)N2CCN(C(=O)OC(C)(C)C)CC2CN)c1. The largest absolute Gasteiger partial charge is 0.444 e. The molecule has 2 rings (SSSR count). The van der Waals surface area contributed by atoms with Crippen LogP contribution < -0.4 is 5.73 Å². The van der Waals surface area contributed by atoms with Crippen LogP contribution in [0.15, 0.2) is 12.1 Å². The van der Waals surface area contributed by atoms with E-state index < -0.39 is 5.60 Å². The number of piperazine rings is 1. The van der Waals surface area contributed by atoms with Crippen LogP contribution in [-0.4, -0.2) is 64.6 Å². The monoisotopic (exact) mass is 348 g/mol. The highest BCUT2D eigenvalue weighted by Crippen LogP contribution is 2.17. The molecular formula is C18H28N4O3. The van der Waals surface area contributed by atoms with Crippen LogP contribution in [0.4, 0.5) is 4.79 Å². The topological polar surface area (TPSA) is 88.8 Å². The van der Waals surface area contributed by atoms with Gasteiger partial charge in [-0.2, -0.15) is 0 Å². The van der Waals surface area contributed by atoms with Crippen molar-refractivity contribution in [3.05, 3.63) is 29.1 Å². The third-order valence-corrected chi connectivity index (χ3v) is 3.98. The molecule has 0 spiro atoms. The van der Waals surface area contributed by atoms with Crippen LogP contribution in [0, 0.1) is 13.8 Å². The normalized spacial score (nSPS) is 18.2. The molecule has 2 heterocycles. The molecule has 0 aliphatic carbocycles. The van der Waals surface area contributed by atoms with Crippen LogP contribution in [0.2, 0.25) is 0 Å². The second-order valence-electron chi connectivity index (χ2n) is 7.49. The quantitative estimate of drug-likeness (QED) is 0.879. The summed E-state index contributed by atoms with van der Waals surface area (Å²) >= 11 is 0. The Morgan fingerprint density at radius 3 is 2.52 bits per heavy atom. The Balaban J connectivity index is 2.11. The van der Waals surface area contributed by atoms with Crippen molar-refractivity contribution in [1.82, 2.24) is 14.8 Å². The number of nitrogens with two attached hydrogens (primary N) is 1. The minimum absolute atomic E-state index is 0.147. The van der Waals surface area contributed by atoms with E-state index >= 15 is 0 Å². The summed E-state index contributed by atoms with van der Waals surface area (Å²) in [5.74, 6) is -0.147. The van der Waals surface area contributed by atoms with E-state index in [1.807, 2.05) is 40.7 Å². The van der Waals surface area contributed by atoms with E-state index in [0.717, 1.165) is 11.3 Å². The number of carbonyl (C=O) groups excluding carboxylic acids is 2. The molecule has 1 aromatic heterocycles. The van der Waals surface area contributed by atoms with Gasteiger partial charge in [-0.3, -0.25) is 4.79 Å².